The third-order valence-electron chi connectivity index (χ3n) is 2.16. The van der Waals surface area contributed by atoms with E-state index in [4.69, 9.17) is 0 Å². The van der Waals surface area contributed by atoms with E-state index in [0.29, 0.717) is 16.5 Å². The molecule has 1 N–H and O–H groups in total. The maximum absolute atomic E-state index is 13.4. The lowest BCUT2D eigenvalue weighted by Crippen LogP contribution is -1.98. The normalized spacial score (nSPS) is 10.5. The average Bonchev–Trinajstić information content (AvgIpc) is 2.71. The zero-order chi connectivity index (χ0) is 12.3. The Labute approximate surface area is 102 Å². The van der Waals surface area contributed by atoms with Crippen molar-refractivity contribution in [2.75, 3.05) is 11.9 Å². The van der Waals surface area contributed by atoms with Gasteiger partial charge in [0.05, 0.1) is 0 Å². The predicted octanol–water partition coefficient (Wildman–Crippen LogP) is 2.84. The SMILES string of the molecule is CCNc1nc(Cc2ccc(F)cc2F)ns1. The van der Waals surface area contributed by atoms with E-state index in [9.17, 15) is 8.78 Å². The fraction of sp³-hybridized carbons (Fsp3) is 0.273. The van der Waals surface area contributed by atoms with Crippen molar-refractivity contribution >= 4 is 16.7 Å². The van der Waals surface area contributed by atoms with Crippen LogP contribution < -0.4 is 5.32 Å². The molecule has 0 fully saturated rings. The minimum absolute atomic E-state index is 0.272. The largest absolute Gasteiger partial charge is 0.361 e. The maximum atomic E-state index is 13.4. The van der Waals surface area contributed by atoms with Gasteiger partial charge in [0, 0.05) is 30.6 Å². The van der Waals surface area contributed by atoms with E-state index >= 15 is 0 Å². The quantitative estimate of drug-likeness (QED) is 0.912. The molecule has 0 aliphatic rings. The second-order valence-electron chi connectivity index (χ2n) is 3.46. The molecule has 0 atom stereocenters. The van der Waals surface area contributed by atoms with E-state index in [0.717, 1.165) is 12.6 Å². The molecular weight excluding hydrogens is 244 g/mol. The molecule has 0 amide bonds. The van der Waals surface area contributed by atoms with Crippen molar-refractivity contribution in [2.45, 2.75) is 13.3 Å². The van der Waals surface area contributed by atoms with Gasteiger partial charge >= 0.3 is 0 Å². The first-order valence-corrected chi connectivity index (χ1v) is 5.96. The highest BCUT2D eigenvalue weighted by atomic mass is 32.1. The van der Waals surface area contributed by atoms with Gasteiger partial charge in [0.2, 0.25) is 5.13 Å². The van der Waals surface area contributed by atoms with E-state index in [2.05, 4.69) is 14.7 Å². The summed E-state index contributed by atoms with van der Waals surface area (Å²) in [6, 6.07) is 3.52. The first-order chi connectivity index (χ1) is 8.19. The number of hydrogen-bond donors (Lipinski definition) is 1. The van der Waals surface area contributed by atoms with Crippen LogP contribution in [0.4, 0.5) is 13.9 Å². The standard InChI is InChI=1S/C11H11F2N3S/c1-2-14-11-15-10(16-17-11)5-7-3-4-8(12)6-9(7)13/h3-4,6H,2,5H2,1H3,(H,14,15,16). The number of nitrogens with zero attached hydrogens (tertiary/aromatic N) is 2. The van der Waals surface area contributed by atoms with Gasteiger partial charge in [-0.3, -0.25) is 0 Å². The lowest BCUT2D eigenvalue weighted by atomic mass is 10.1. The molecule has 2 aromatic rings. The van der Waals surface area contributed by atoms with Crippen LogP contribution in [0.3, 0.4) is 0 Å². The van der Waals surface area contributed by atoms with Gasteiger partial charge in [-0.2, -0.15) is 4.37 Å². The summed E-state index contributed by atoms with van der Waals surface area (Å²) in [6.07, 6.45) is 0.272. The van der Waals surface area contributed by atoms with Crippen molar-refractivity contribution in [2.24, 2.45) is 0 Å². The summed E-state index contributed by atoms with van der Waals surface area (Å²) < 4.78 is 30.2. The number of rotatable bonds is 4. The third kappa shape index (κ3) is 2.97. The van der Waals surface area contributed by atoms with Crippen molar-refractivity contribution < 1.29 is 8.78 Å². The van der Waals surface area contributed by atoms with Crippen molar-refractivity contribution in [1.82, 2.24) is 9.36 Å². The molecule has 1 aromatic heterocycles. The number of hydrogen-bond acceptors (Lipinski definition) is 4. The van der Waals surface area contributed by atoms with Gasteiger partial charge in [-0.05, 0) is 18.6 Å². The van der Waals surface area contributed by atoms with Crippen LogP contribution in [0.2, 0.25) is 0 Å². The van der Waals surface area contributed by atoms with E-state index in [1.54, 1.807) is 0 Å². The Balaban J connectivity index is 2.13. The molecular formula is C11H11F2N3S. The zero-order valence-electron chi connectivity index (χ0n) is 9.20. The lowest BCUT2D eigenvalue weighted by Gasteiger charge is -1.99. The van der Waals surface area contributed by atoms with Gasteiger partial charge in [-0.15, -0.1) is 0 Å². The molecule has 3 nitrogen and oxygen atoms in total. The van der Waals surface area contributed by atoms with Crippen molar-refractivity contribution in [3.63, 3.8) is 0 Å². The van der Waals surface area contributed by atoms with E-state index in [-0.39, 0.29) is 6.42 Å². The topological polar surface area (TPSA) is 37.8 Å². The number of halogens is 2. The van der Waals surface area contributed by atoms with E-state index < -0.39 is 11.6 Å². The van der Waals surface area contributed by atoms with Crippen LogP contribution in [0, 0.1) is 11.6 Å². The van der Waals surface area contributed by atoms with Gasteiger partial charge in [-0.1, -0.05) is 6.07 Å². The van der Waals surface area contributed by atoms with Crippen molar-refractivity contribution in [3.05, 3.63) is 41.2 Å². The van der Waals surface area contributed by atoms with E-state index in [1.165, 1.54) is 23.7 Å². The fourth-order valence-electron chi connectivity index (χ4n) is 1.38. The Kier molecular flexibility index (Phi) is 3.63. The molecule has 1 aromatic carbocycles. The molecule has 90 valence electrons. The Hall–Kier alpha value is -1.56. The summed E-state index contributed by atoms with van der Waals surface area (Å²) in [4.78, 5) is 4.19. The van der Waals surface area contributed by atoms with Crippen LogP contribution >= 0.6 is 11.5 Å². The Morgan fingerprint density at radius 3 is 2.88 bits per heavy atom. The highest BCUT2D eigenvalue weighted by Gasteiger charge is 2.08. The second-order valence-corrected chi connectivity index (χ2v) is 4.21. The Morgan fingerprint density at radius 2 is 2.18 bits per heavy atom. The highest BCUT2D eigenvalue weighted by molar-refractivity contribution is 7.09. The molecule has 17 heavy (non-hydrogen) atoms. The van der Waals surface area contributed by atoms with Crippen molar-refractivity contribution in [3.8, 4) is 0 Å². The first kappa shape index (κ1) is 11.9. The lowest BCUT2D eigenvalue weighted by molar-refractivity contribution is 0.574. The molecule has 0 aliphatic heterocycles. The number of nitrogens with one attached hydrogen (secondary N) is 1. The smallest absolute Gasteiger partial charge is 0.202 e. The third-order valence-corrected chi connectivity index (χ3v) is 2.87. The summed E-state index contributed by atoms with van der Waals surface area (Å²) >= 11 is 1.23. The molecule has 0 saturated carbocycles. The van der Waals surface area contributed by atoms with Crippen LogP contribution in [0.15, 0.2) is 18.2 Å². The summed E-state index contributed by atoms with van der Waals surface area (Å²) in [7, 11) is 0. The second kappa shape index (κ2) is 5.18. The minimum Gasteiger partial charge on any atom is -0.361 e. The van der Waals surface area contributed by atoms with Gasteiger partial charge in [-0.25, -0.2) is 13.8 Å². The van der Waals surface area contributed by atoms with Crippen molar-refractivity contribution in [1.29, 1.82) is 0 Å². The summed E-state index contributed by atoms with van der Waals surface area (Å²) in [6.45, 7) is 2.72. The number of aromatic nitrogens is 2. The predicted molar refractivity (Wildman–Crippen MR) is 63.2 cm³/mol. The van der Waals surface area contributed by atoms with Gasteiger partial charge in [0.25, 0.3) is 0 Å². The van der Waals surface area contributed by atoms with Crippen LogP contribution in [0.1, 0.15) is 18.3 Å². The first-order valence-electron chi connectivity index (χ1n) is 5.19. The summed E-state index contributed by atoms with van der Waals surface area (Å²) in [5.41, 5.74) is 0.396. The molecule has 0 aliphatic carbocycles. The van der Waals surface area contributed by atoms with Crippen LogP contribution in [-0.4, -0.2) is 15.9 Å². The van der Waals surface area contributed by atoms with Gasteiger partial charge < -0.3 is 5.32 Å². The minimum atomic E-state index is -0.578. The van der Waals surface area contributed by atoms with Gasteiger partial charge in [0.15, 0.2) is 0 Å². The molecule has 2 rings (SSSR count). The van der Waals surface area contributed by atoms with Crippen LogP contribution in [-0.2, 0) is 6.42 Å². The molecule has 0 radical (unpaired) electrons. The zero-order valence-corrected chi connectivity index (χ0v) is 10.0. The molecule has 0 spiro atoms. The highest BCUT2D eigenvalue weighted by Crippen LogP contribution is 2.16. The molecule has 6 heteroatoms. The monoisotopic (exact) mass is 255 g/mol. The molecule has 0 saturated heterocycles. The maximum Gasteiger partial charge on any atom is 0.202 e. The van der Waals surface area contributed by atoms with E-state index in [1.807, 2.05) is 6.92 Å². The van der Waals surface area contributed by atoms with Gasteiger partial charge in [0.1, 0.15) is 17.5 Å². The van der Waals surface area contributed by atoms with Crippen LogP contribution in [0.25, 0.3) is 0 Å². The summed E-state index contributed by atoms with van der Waals surface area (Å²) in [5.74, 6) is -0.605. The molecule has 0 bridgehead atoms. The Morgan fingerprint density at radius 1 is 1.35 bits per heavy atom. The molecule has 1 heterocycles. The number of anilines is 1. The van der Waals surface area contributed by atoms with Crippen LogP contribution in [0.5, 0.6) is 0 Å². The summed E-state index contributed by atoms with van der Waals surface area (Å²) in [5, 5.41) is 3.74. The fourth-order valence-corrected chi connectivity index (χ4v) is 2.04. The Bertz CT molecular complexity index is 513. The number of benzene rings is 1. The average molecular weight is 255 g/mol. The molecule has 0 unspecified atom stereocenters.